The van der Waals surface area contributed by atoms with E-state index >= 15 is 0 Å². The third-order valence-electron chi connectivity index (χ3n) is 4.54. The van der Waals surface area contributed by atoms with E-state index in [1.54, 1.807) is 17.8 Å². The van der Waals surface area contributed by atoms with Gasteiger partial charge < -0.3 is 10.0 Å². The molecule has 1 aliphatic heterocycles. The van der Waals surface area contributed by atoms with E-state index in [4.69, 9.17) is 5.26 Å². The van der Waals surface area contributed by atoms with Crippen LogP contribution in [0.5, 0.6) is 0 Å². The Labute approximate surface area is 160 Å². The zero-order valence-electron chi connectivity index (χ0n) is 15.1. The summed E-state index contributed by atoms with van der Waals surface area (Å²) < 4.78 is 0. The lowest BCUT2D eigenvalue weighted by atomic mass is 10.1. The first-order chi connectivity index (χ1) is 12.8. The Morgan fingerprint density at radius 3 is 2.69 bits per heavy atom. The normalized spacial score (nSPS) is 13.1. The minimum atomic E-state index is -0.229. The van der Waals surface area contributed by atoms with Gasteiger partial charge in [-0.3, -0.25) is 0 Å². The molecule has 0 spiro atoms. The number of unbranched alkanes of at least 4 members (excludes halogenated alkanes) is 3. The predicted octanol–water partition coefficient (Wildman–Crippen LogP) is 5.77. The number of aliphatic hydroxyl groups excluding tert-OH is 1. The number of aliphatic hydroxyl groups is 1. The molecule has 26 heavy (non-hydrogen) atoms. The third kappa shape index (κ3) is 4.12. The molecule has 0 fully saturated rings. The first-order valence-corrected chi connectivity index (χ1v) is 9.98. The van der Waals surface area contributed by atoms with Crippen molar-refractivity contribution in [1.29, 1.82) is 5.26 Å². The number of hydrogen-bond donors (Lipinski definition) is 1. The number of para-hydroxylation sites is 1. The molecule has 1 aliphatic rings. The highest BCUT2D eigenvalue weighted by molar-refractivity contribution is 7.99. The Morgan fingerprint density at radius 2 is 1.92 bits per heavy atom. The average molecular weight is 365 g/mol. The van der Waals surface area contributed by atoms with E-state index in [1.807, 2.05) is 12.1 Å². The van der Waals surface area contributed by atoms with E-state index in [9.17, 15) is 5.11 Å². The van der Waals surface area contributed by atoms with Gasteiger partial charge in [-0.25, -0.2) is 0 Å². The smallest absolute Gasteiger partial charge is 0.0971 e. The van der Waals surface area contributed by atoms with Crippen LogP contribution < -0.4 is 4.90 Å². The quantitative estimate of drug-likeness (QED) is 0.500. The molecule has 0 amide bonds. The lowest BCUT2D eigenvalue weighted by Gasteiger charge is -2.33. The highest BCUT2D eigenvalue weighted by Crippen LogP contribution is 2.48. The fourth-order valence-electron chi connectivity index (χ4n) is 3.19. The van der Waals surface area contributed by atoms with E-state index in [-0.39, 0.29) is 6.61 Å². The van der Waals surface area contributed by atoms with Crippen LogP contribution >= 0.6 is 11.8 Å². The Hall–Kier alpha value is -2.22. The van der Waals surface area contributed by atoms with Gasteiger partial charge in [0.2, 0.25) is 0 Å². The highest BCUT2D eigenvalue weighted by Gasteiger charge is 2.22. The van der Waals surface area contributed by atoms with Crippen LogP contribution in [0.25, 0.3) is 6.08 Å². The van der Waals surface area contributed by atoms with Crippen molar-refractivity contribution in [2.75, 3.05) is 18.1 Å². The summed E-state index contributed by atoms with van der Waals surface area (Å²) in [6.07, 6.45) is 6.70. The van der Waals surface area contributed by atoms with Crippen LogP contribution in [0, 0.1) is 11.3 Å². The summed E-state index contributed by atoms with van der Waals surface area (Å²) in [6.45, 7) is 3.02. The van der Waals surface area contributed by atoms with E-state index in [0.29, 0.717) is 5.57 Å². The standard InChI is InChI=1S/C22H24N2OS/c1-2-3-4-7-12-24-19-8-5-6-9-21(19)26-22-14-17(10-11-20(22)24)13-18(15-23)16-25/h5-6,8-11,13-14,25H,2-4,7,12,16H2,1H3/b18-13+. The molecule has 0 unspecified atom stereocenters. The zero-order chi connectivity index (χ0) is 18.4. The van der Waals surface area contributed by atoms with Crippen LogP contribution in [0.1, 0.15) is 38.2 Å². The molecule has 4 heteroatoms. The van der Waals surface area contributed by atoms with Crippen molar-refractivity contribution < 1.29 is 5.11 Å². The number of benzene rings is 2. The van der Waals surface area contributed by atoms with Crippen LogP contribution in [0.4, 0.5) is 11.4 Å². The van der Waals surface area contributed by atoms with Gasteiger partial charge in [0, 0.05) is 16.3 Å². The van der Waals surface area contributed by atoms with Crippen LogP contribution in [-0.2, 0) is 0 Å². The largest absolute Gasteiger partial charge is 0.391 e. The Balaban J connectivity index is 1.92. The summed E-state index contributed by atoms with van der Waals surface area (Å²) in [5.74, 6) is 0. The minimum Gasteiger partial charge on any atom is -0.391 e. The molecule has 1 heterocycles. The molecule has 0 aliphatic carbocycles. The van der Waals surface area contributed by atoms with Crippen molar-refractivity contribution in [2.24, 2.45) is 0 Å². The maximum absolute atomic E-state index is 9.23. The van der Waals surface area contributed by atoms with Gasteiger partial charge in [-0.15, -0.1) is 0 Å². The summed E-state index contributed by atoms with van der Waals surface area (Å²) in [7, 11) is 0. The van der Waals surface area contributed by atoms with E-state index in [1.165, 1.54) is 46.8 Å². The number of rotatable bonds is 7. The summed E-state index contributed by atoms with van der Waals surface area (Å²) in [6, 6.07) is 16.8. The highest BCUT2D eigenvalue weighted by atomic mass is 32.2. The molecular weight excluding hydrogens is 340 g/mol. The van der Waals surface area contributed by atoms with Crippen LogP contribution in [0.2, 0.25) is 0 Å². The Bertz CT molecular complexity index is 838. The van der Waals surface area contributed by atoms with Gasteiger partial charge in [0.15, 0.2) is 0 Å². The SMILES string of the molecule is CCCCCCN1c2ccccc2Sc2cc(/C=C(\C#N)CO)ccc21. The molecule has 0 bridgehead atoms. The molecule has 0 atom stereocenters. The second-order valence-corrected chi connectivity index (χ2v) is 7.53. The van der Waals surface area contributed by atoms with Gasteiger partial charge >= 0.3 is 0 Å². The first kappa shape index (κ1) is 18.6. The van der Waals surface area contributed by atoms with Crippen molar-refractivity contribution in [3.05, 3.63) is 53.6 Å². The number of nitrogens with zero attached hydrogens (tertiary/aromatic N) is 2. The lowest BCUT2D eigenvalue weighted by Crippen LogP contribution is -2.22. The molecule has 1 N–H and O–H groups in total. The fraction of sp³-hybridized carbons (Fsp3) is 0.318. The van der Waals surface area contributed by atoms with E-state index in [2.05, 4.69) is 48.2 Å². The second kappa shape index (κ2) is 8.93. The third-order valence-corrected chi connectivity index (χ3v) is 5.65. The first-order valence-electron chi connectivity index (χ1n) is 9.16. The van der Waals surface area contributed by atoms with Crippen molar-refractivity contribution in [1.82, 2.24) is 0 Å². The molecule has 2 aromatic carbocycles. The van der Waals surface area contributed by atoms with Crippen molar-refractivity contribution in [3.8, 4) is 6.07 Å². The van der Waals surface area contributed by atoms with Gasteiger partial charge in [0.1, 0.15) is 0 Å². The average Bonchev–Trinajstić information content (AvgIpc) is 2.68. The Kier molecular flexibility index (Phi) is 6.38. The molecule has 0 saturated carbocycles. The van der Waals surface area contributed by atoms with Gasteiger partial charge in [-0.2, -0.15) is 5.26 Å². The van der Waals surface area contributed by atoms with Crippen LogP contribution in [-0.4, -0.2) is 18.3 Å². The summed E-state index contributed by atoms with van der Waals surface area (Å²) in [4.78, 5) is 4.88. The monoisotopic (exact) mass is 364 g/mol. The van der Waals surface area contributed by atoms with Gasteiger partial charge in [0.25, 0.3) is 0 Å². The number of anilines is 2. The zero-order valence-corrected chi connectivity index (χ0v) is 15.9. The van der Waals surface area contributed by atoms with Crippen molar-refractivity contribution >= 4 is 29.2 Å². The summed E-state index contributed by atoms with van der Waals surface area (Å²) >= 11 is 1.77. The van der Waals surface area contributed by atoms with Crippen molar-refractivity contribution in [2.45, 2.75) is 42.4 Å². The molecule has 0 aromatic heterocycles. The number of hydrogen-bond acceptors (Lipinski definition) is 4. The molecule has 134 valence electrons. The van der Waals surface area contributed by atoms with Crippen LogP contribution in [0.15, 0.2) is 57.8 Å². The maximum atomic E-state index is 9.23. The summed E-state index contributed by atoms with van der Waals surface area (Å²) in [5.41, 5.74) is 3.83. The molecule has 0 radical (unpaired) electrons. The van der Waals surface area contributed by atoms with Gasteiger partial charge in [0.05, 0.1) is 29.6 Å². The molecule has 3 rings (SSSR count). The lowest BCUT2D eigenvalue weighted by molar-refractivity contribution is 0.337. The Morgan fingerprint density at radius 1 is 1.12 bits per heavy atom. The molecule has 2 aromatic rings. The number of fused-ring (bicyclic) bond motifs is 2. The molecular formula is C22H24N2OS. The van der Waals surface area contributed by atoms with E-state index in [0.717, 1.165) is 12.1 Å². The van der Waals surface area contributed by atoms with Gasteiger partial charge in [-0.1, -0.05) is 56.1 Å². The predicted molar refractivity (Wildman–Crippen MR) is 109 cm³/mol. The van der Waals surface area contributed by atoms with Gasteiger partial charge in [-0.05, 0) is 42.3 Å². The summed E-state index contributed by atoms with van der Waals surface area (Å²) in [5, 5.41) is 18.3. The second-order valence-electron chi connectivity index (χ2n) is 6.45. The van der Waals surface area contributed by atoms with Crippen LogP contribution in [0.3, 0.4) is 0 Å². The van der Waals surface area contributed by atoms with Crippen molar-refractivity contribution in [3.63, 3.8) is 0 Å². The molecule has 3 nitrogen and oxygen atoms in total. The minimum absolute atomic E-state index is 0.229. The number of nitriles is 1. The fourth-order valence-corrected chi connectivity index (χ4v) is 4.34. The van der Waals surface area contributed by atoms with E-state index < -0.39 is 0 Å². The topological polar surface area (TPSA) is 47.3 Å². The maximum Gasteiger partial charge on any atom is 0.0971 e. The molecule has 0 saturated heterocycles.